The van der Waals surface area contributed by atoms with E-state index in [1.807, 2.05) is 30.3 Å². The van der Waals surface area contributed by atoms with Gasteiger partial charge in [0.15, 0.2) is 0 Å². The Morgan fingerprint density at radius 1 is 0.677 bits per heavy atom. The quantitative estimate of drug-likeness (QED) is 0.323. The van der Waals surface area contributed by atoms with Gasteiger partial charge in [-0.3, -0.25) is 0 Å². The molecule has 0 saturated carbocycles. The highest BCUT2D eigenvalue weighted by Crippen LogP contribution is 2.29. The Morgan fingerprint density at radius 2 is 1.23 bits per heavy atom. The summed E-state index contributed by atoms with van der Waals surface area (Å²) in [6, 6.07) is 17.0. The lowest BCUT2D eigenvalue weighted by molar-refractivity contribution is -0.137. The zero-order valence-electron chi connectivity index (χ0n) is 16.7. The molecule has 162 valence electrons. The van der Waals surface area contributed by atoms with Crippen LogP contribution in [0.2, 0.25) is 0 Å². The largest absolute Gasteiger partial charge is 0.462 e. The first kappa shape index (κ1) is 22.3. The number of rotatable bonds is 8. The van der Waals surface area contributed by atoms with E-state index in [0.29, 0.717) is 24.8 Å². The van der Waals surface area contributed by atoms with Gasteiger partial charge in [-0.05, 0) is 66.4 Å². The van der Waals surface area contributed by atoms with Crippen LogP contribution in [0, 0.1) is 0 Å². The van der Waals surface area contributed by atoms with Crippen molar-refractivity contribution in [3.8, 4) is 0 Å². The van der Waals surface area contributed by atoms with Crippen molar-refractivity contribution in [1.82, 2.24) is 0 Å². The van der Waals surface area contributed by atoms with Crippen LogP contribution in [-0.2, 0) is 15.7 Å². The number of fused-ring (bicyclic) bond motifs is 1. The zero-order valence-corrected chi connectivity index (χ0v) is 16.7. The van der Waals surface area contributed by atoms with E-state index < -0.39 is 17.7 Å². The van der Waals surface area contributed by atoms with Gasteiger partial charge in [0.25, 0.3) is 0 Å². The summed E-state index contributed by atoms with van der Waals surface area (Å²) < 4.78 is 47.9. The second kappa shape index (κ2) is 10.1. The SMILES string of the molecule is O=C(OCCCCCOC(=O)c1ccc2ccccc2c1)c1ccc(C(F)(F)F)cc1. The van der Waals surface area contributed by atoms with Gasteiger partial charge in [0.05, 0.1) is 29.9 Å². The van der Waals surface area contributed by atoms with Gasteiger partial charge in [-0.2, -0.15) is 13.2 Å². The number of hydrogen-bond donors (Lipinski definition) is 0. The number of carbonyl (C=O) groups excluding carboxylic acids is 2. The summed E-state index contributed by atoms with van der Waals surface area (Å²) in [7, 11) is 0. The third-order valence-corrected chi connectivity index (χ3v) is 4.69. The smallest absolute Gasteiger partial charge is 0.416 e. The van der Waals surface area contributed by atoms with Gasteiger partial charge in [0, 0.05) is 0 Å². The van der Waals surface area contributed by atoms with Crippen LogP contribution in [0.5, 0.6) is 0 Å². The number of unbranched alkanes of at least 4 members (excludes halogenated alkanes) is 2. The number of benzene rings is 3. The van der Waals surface area contributed by atoms with E-state index in [4.69, 9.17) is 9.47 Å². The van der Waals surface area contributed by atoms with Crippen LogP contribution in [0.3, 0.4) is 0 Å². The molecule has 0 aliphatic heterocycles. The van der Waals surface area contributed by atoms with Crippen LogP contribution in [0.1, 0.15) is 45.5 Å². The van der Waals surface area contributed by atoms with Crippen molar-refractivity contribution >= 4 is 22.7 Å². The highest BCUT2D eigenvalue weighted by molar-refractivity contribution is 5.95. The molecule has 31 heavy (non-hydrogen) atoms. The Kier molecular flexibility index (Phi) is 7.28. The maximum atomic E-state index is 12.5. The maximum absolute atomic E-state index is 12.5. The summed E-state index contributed by atoms with van der Waals surface area (Å²) in [5.74, 6) is -1.06. The number of alkyl halides is 3. The van der Waals surface area contributed by atoms with Crippen LogP contribution in [0.25, 0.3) is 10.8 Å². The fourth-order valence-electron chi connectivity index (χ4n) is 2.99. The minimum Gasteiger partial charge on any atom is -0.462 e. The van der Waals surface area contributed by atoms with Crippen LogP contribution in [0.4, 0.5) is 13.2 Å². The number of halogens is 3. The fourth-order valence-corrected chi connectivity index (χ4v) is 2.99. The lowest BCUT2D eigenvalue weighted by Gasteiger charge is -2.08. The minimum atomic E-state index is -4.44. The predicted octanol–water partition coefficient (Wildman–Crippen LogP) is 6.04. The van der Waals surface area contributed by atoms with Gasteiger partial charge >= 0.3 is 18.1 Å². The molecule has 0 atom stereocenters. The predicted molar refractivity (Wildman–Crippen MR) is 110 cm³/mol. The van der Waals surface area contributed by atoms with Gasteiger partial charge in [0.1, 0.15) is 0 Å². The highest BCUT2D eigenvalue weighted by atomic mass is 19.4. The van der Waals surface area contributed by atoms with Crippen LogP contribution < -0.4 is 0 Å². The Balaban J connectivity index is 1.33. The second-order valence-electron chi connectivity index (χ2n) is 6.97. The summed E-state index contributed by atoms with van der Waals surface area (Å²) in [6.45, 7) is 0.386. The zero-order chi connectivity index (χ0) is 22.3. The summed E-state index contributed by atoms with van der Waals surface area (Å²) in [5.41, 5.74) is -0.260. The van der Waals surface area contributed by atoms with Crippen molar-refractivity contribution in [2.24, 2.45) is 0 Å². The van der Waals surface area contributed by atoms with Gasteiger partial charge in [-0.25, -0.2) is 9.59 Å². The second-order valence-corrected chi connectivity index (χ2v) is 6.97. The molecule has 0 radical (unpaired) electrons. The molecule has 0 saturated heterocycles. The lowest BCUT2D eigenvalue weighted by Crippen LogP contribution is -2.09. The first-order valence-corrected chi connectivity index (χ1v) is 9.85. The van der Waals surface area contributed by atoms with E-state index in [1.165, 1.54) is 0 Å². The van der Waals surface area contributed by atoms with Crippen LogP contribution in [0.15, 0.2) is 66.7 Å². The van der Waals surface area contributed by atoms with E-state index in [9.17, 15) is 22.8 Å². The Hall–Kier alpha value is -3.35. The minimum absolute atomic E-state index is 0.0670. The van der Waals surface area contributed by atoms with Gasteiger partial charge in [-0.15, -0.1) is 0 Å². The number of esters is 2. The molecule has 0 fully saturated rings. The van der Waals surface area contributed by atoms with Gasteiger partial charge < -0.3 is 9.47 Å². The lowest BCUT2D eigenvalue weighted by atomic mass is 10.1. The standard InChI is InChI=1S/C24H21F3O4/c25-24(26,27)21-12-10-18(11-13-21)22(28)30-14-4-1-5-15-31-23(29)20-9-8-17-6-2-3-7-19(17)16-20/h2-3,6-13,16H,1,4-5,14-15H2. The average Bonchev–Trinajstić information content (AvgIpc) is 2.77. The molecule has 3 aromatic carbocycles. The van der Waals surface area contributed by atoms with E-state index in [1.54, 1.807) is 12.1 Å². The third kappa shape index (κ3) is 6.31. The van der Waals surface area contributed by atoms with E-state index in [-0.39, 0.29) is 24.7 Å². The molecule has 0 aromatic heterocycles. The molecule has 0 bridgehead atoms. The van der Waals surface area contributed by atoms with Crippen molar-refractivity contribution in [3.05, 3.63) is 83.4 Å². The van der Waals surface area contributed by atoms with Crippen molar-refractivity contribution < 1.29 is 32.2 Å². The summed E-state index contributed by atoms with van der Waals surface area (Å²) >= 11 is 0. The molecule has 0 unspecified atom stereocenters. The summed E-state index contributed by atoms with van der Waals surface area (Å²) in [6.07, 6.45) is -2.61. The summed E-state index contributed by atoms with van der Waals surface area (Å²) in [4.78, 5) is 24.0. The monoisotopic (exact) mass is 430 g/mol. The molecule has 0 aliphatic carbocycles. The first-order chi connectivity index (χ1) is 14.8. The first-order valence-electron chi connectivity index (χ1n) is 9.85. The van der Waals surface area contributed by atoms with E-state index >= 15 is 0 Å². The van der Waals surface area contributed by atoms with E-state index in [0.717, 1.165) is 35.0 Å². The highest BCUT2D eigenvalue weighted by Gasteiger charge is 2.30. The Bertz CT molecular complexity index is 1040. The Morgan fingerprint density at radius 3 is 1.84 bits per heavy atom. The molecule has 7 heteroatoms. The average molecular weight is 430 g/mol. The van der Waals surface area contributed by atoms with Crippen molar-refractivity contribution in [1.29, 1.82) is 0 Å². The molecule has 0 aliphatic rings. The molecule has 0 spiro atoms. The fraction of sp³-hybridized carbons (Fsp3) is 0.250. The molecule has 3 rings (SSSR count). The third-order valence-electron chi connectivity index (χ3n) is 4.69. The van der Waals surface area contributed by atoms with Gasteiger partial charge in [0.2, 0.25) is 0 Å². The van der Waals surface area contributed by atoms with Crippen molar-refractivity contribution in [2.45, 2.75) is 25.4 Å². The molecule has 4 nitrogen and oxygen atoms in total. The van der Waals surface area contributed by atoms with Crippen molar-refractivity contribution in [3.63, 3.8) is 0 Å². The topological polar surface area (TPSA) is 52.6 Å². The van der Waals surface area contributed by atoms with Crippen LogP contribution in [-0.4, -0.2) is 25.2 Å². The van der Waals surface area contributed by atoms with E-state index in [2.05, 4.69) is 0 Å². The number of hydrogen-bond acceptors (Lipinski definition) is 4. The number of ether oxygens (including phenoxy) is 2. The molecule has 3 aromatic rings. The molecular formula is C24H21F3O4. The summed E-state index contributed by atoms with van der Waals surface area (Å²) in [5, 5.41) is 2.01. The molecule has 0 amide bonds. The molecule has 0 heterocycles. The normalized spacial score (nSPS) is 11.3. The van der Waals surface area contributed by atoms with Crippen LogP contribution >= 0.6 is 0 Å². The maximum Gasteiger partial charge on any atom is 0.416 e. The Labute approximate surface area is 177 Å². The molecule has 0 N–H and O–H groups in total. The van der Waals surface area contributed by atoms with Gasteiger partial charge in [-0.1, -0.05) is 30.3 Å². The molecular weight excluding hydrogens is 409 g/mol. The number of carbonyl (C=O) groups is 2. The van der Waals surface area contributed by atoms with Crippen molar-refractivity contribution in [2.75, 3.05) is 13.2 Å².